The Bertz CT molecular complexity index is 594. The Kier molecular flexibility index (Phi) is 3.04. The fourth-order valence-electron chi connectivity index (χ4n) is 3.90. The number of ether oxygens (including phenoxy) is 4. The highest BCUT2D eigenvalue weighted by atomic mass is 32.2. The predicted molar refractivity (Wildman–Crippen MR) is 70.1 cm³/mol. The minimum atomic E-state index is -3.82. The van der Waals surface area contributed by atoms with Crippen LogP contribution in [0.4, 0.5) is 0 Å². The van der Waals surface area contributed by atoms with Crippen molar-refractivity contribution in [1.82, 2.24) is 5.32 Å². The number of hydrogen-bond donors (Lipinski definition) is 2. The number of nitrogens with one attached hydrogen (secondary N) is 1. The van der Waals surface area contributed by atoms with Gasteiger partial charge in [-0.05, 0) is 13.8 Å². The zero-order chi connectivity index (χ0) is 15.8. The summed E-state index contributed by atoms with van der Waals surface area (Å²) in [6.45, 7) is 3.54. The van der Waals surface area contributed by atoms with Gasteiger partial charge in [-0.1, -0.05) is 0 Å². The molecule has 5 atom stereocenters. The molecule has 0 aromatic heterocycles. The van der Waals surface area contributed by atoms with Gasteiger partial charge >= 0.3 is 0 Å². The van der Waals surface area contributed by atoms with E-state index in [1.807, 2.05) is 0 Å². The summed E-state index contributed by atoms with van der Waals surface area (Å²) in [6.07, 6.45) is -2.03. The van der Waals surface area contributed by atoms with Gasteiger partial charge in [-0.25, -0.2) is 0 Å². The maximum absolute atomic E-state index is 12.1. The lowest BCUT2D eigenvalue weighted by molar-refractivity contribution is -0.236. The van der Waals surface area contributed by atoms with E-state index in [9.17, 15) is 8.42 Å². The molecule has 0 unspecified atom stereocenters. The molecule has 9 nitrogen and oxygen atoms in total. The lowest BCUT2D eigenvalue weighted by atomic mass is 9.86. The Morgan fingerprint density at radius 2 is 2.14 bits per heavy atom. The summed E-state index contributed by atoms with van der Waals surface area (Å²) in [5, 5.41) is 12.1. The van der Waals surface area contributed by atoms with Gasteiger partial charge in [0.05, 0.1) is 13.2 Å². The van der Waals surface area contributed by atoms with Crippen molar-refractivity contribution < 1.29 is 36.7 Å². The SMILES string of the molecule is CC1(C)O[C@H]2O[C@@H]3CN[C@@]4(OCCO)CS(=O)(=O)O[C@@]34[C@H]2O1. The van der Waals surface area contributed by atoms with Crippen LogP contribution in [0, 0.1) is 0 Å². The van der Waals surface area contributed by atoms with E-state index in [1.165, 1.54) is 0 Å². The van der Waals surface area contributed by atoms with Crippen LogP contribution < -0.4 is 5.32 Å². The second kappa shape index (κ2) is 4.39. The number of aliphatic hydroxyl groups is 1. The molecule has 4 aliphatic rings. The summed E-state index contributed by atoms with van der Waals surface area (Å²) in [4.78, 5) is 0. The van der Waals surface area contributed by atoms with Crippen molar-refractivity contribution >= 4 is 10.1 Å². The Morgan fingerprint density at radius 1 is 1.36 bits per heavy atom. The zero-order valence-corrected chi connectivity index (χ0v) is 13.1. The molecule has 4 fully saturated rings. The number of aliphatic hydroxyl groups excluding tert-OH is 1. The van der Waals surface area contributed by atoms with Crippen LogP contribution in [-0.2, 0) is 33.2 Å². The summed E-state index contributed by atoms with van der Waals surface area (Å²) < 4.78 is 52.8. The molecule has 4 saturated heterocycles. The molecule has 0 bridgehead atoms. The van der Waals surface area contributed by atoms with Crippen molar-refractivity contribution in [3.63, 3.8) is 0 Å². The van der Waals surface area contributed by atoms with Crippen molar-refractivity contribution in [2.45, 2.75) is 49.5 Å². The van der Waals surface area contributed by atoms with E-state index >= 15 is 0 Å². The second-order valence-corrected chi connectivity index (χ2v) is 7.98. The van der Waals surface area contributed by atoms with Gasteiger partial charge in [0.1, 0.15) is 18.0 Å². The quantitative estimate of drug-likeness (QED) is 0.580. The van der Waals surface area contributed by atoms with Gasteiger partial charge < -0.3 is 24.1 Å². The molecule has 2 N–H and O–H groups in total. The van der Waals surface area contributed by atoms with Crippen LogP contribution in [0.25, 0.3) is 0 Å². The molecule has 10 heteroatoms. The van der Waals surface area contributed by atoms with Crippen LogP contribution in [0.1, 0.15) is 13.8 Å². The predicted octanol–water partition coefficient (Wildman–Crippen LogP) is -1.73. The molecule has 1 spiro atoms. The standard InChI is InChI=1S/C12H19NO8S/c1-10(2)19-8-9(20-10)18-7-5-13-11(17-4-3-14)6-22(15,16)21-12(7,8)11/h7-9,13-14H,3-6H2,1-2H3/t7-,8+,9-,11-,12-/m1/s1. The average molecular weight is 337 g/mol. The van der Waals surface area contributed by atoms with Gasteiger partial charge in [0.2, 0.25) is 0 Å². The van der Waals surface area contributed by atoms with Gasteiger partial charge in [-0.15, -0.1) is 0 Å². The topological polar surface area (TPSA) is 113 Å². The van der Waals surface area contributed by atoms with Crippen molar-refractivity contribution in [1.29, 1.82) is 0 Å². The highest BCUT2D eigenvalue weighted by Gasteiger charge is 2.81. The van der Waals surface area contributed by atoms with E-state index < -0.39 is 45.7 Å². The van der Waals surface area contributed by atoms with Crippen molar-refractivity contribution in [2.75, 3.05) is 25.5 Å². The summed E-state index contributed by atoms with van der Waals surface area (Å²) in [5.41, 5.74) is -2.66. The first-order chi connectivity index (χ1) is 10.2. The Balaban J connectivity index is 1.78. The normalized spacial score (nSPS) is 50.8. The van der Waals surface area contributed by atoms with Gasteiger partial charge in [0, 0.05) is 6.54 Å². The molecule has 4 heterocycles. The van der Waals surface area contributed by atoms with Crippen LogP contribution >= 0.6 is 0 Å². The molecule has 0 saturated carbocycles. The third-order valence-corrected chi connectivity index (χ3v) is 5.84. The maximum atomic E-state index is 12.1. The van der Waals surface area contributed by atoms with Crippen LogP contribution in [0.2, 0.25) is 0 Å². The molecule has 126 valence electrons. The molecule has 0 amide bonds. The highest BCUT2D eigenvalue weighted by molar-refractivity contribution is 7.87. The van der Waals surface area contributed by atoms with Gasteiger partial charge in [0.15, 0.2) is 23.4 Å². The summed E-state index contributed by atoms with van der Waals surface area (Å²) in [5.74, 6) is -1.27. The first-order valence-electron chi connectivity index (χ1n) is 7.18. The van der Waals surface area contributed by atoms with E-state index in [-0.39, 0.29) is 19.0 Å². The molecule has 4 aliphatic heterocycles. The van der Waals surface area contributed by atoms with E-state index in [4.69, 9.17) is 28.2 Å². The lowest BCUT2D eigenvalue weighted by Gasteiger charge is -2.38. The summed E-state index contributed by atoms with van der Waals surface area (Å²) in [7, 11) is -3.82. The first-order valence-corrected chi connectivity index (χ1v) is 8.76. The van der Waals surface area contributed by atoms with Crippen LogP contribution in [-0.4, -0.2) is 74.6 Å². The van der Waals surface area contributed by atoms with E-state index in [2.05, 4.69) is 5.32 Å². The van der Waals surface area contributed by atoms with Crippen LogP contribution in [0.3, 0.4) is 0 Å². The number of hydrogen-bond acceptors (Lipinski definition) is 9. The van der Waals surface area contributed by atoms with E-state index in [0.717, 1.165) is 0 Å². The Labute approximate surface area is 127 Å². The molecule has 0 radical (unpaired) electrons. The maximum Gasteiger partial charge on any atom is 0.272 e. The highest BCUT2D eigenvalue weighted by Crippen LogP contribution is 2.56. The Hall–Kier alpha value is -0.330. The minimum absolute atomic E-state index is 0.0258. The second-order valence-electron chi connectivity index (χ2n) is 6.41. The third kappa shape index (κ3) is 1.80. The number of fused-ring (bicyclic) bond motifs is 1. The van der Waals surface area contributed by atoms with Crippen LogP contribution in [0.15, 0.2) is 0 Å². The molecule has 0 aromatic carbocycles. The van der Waals surface area contributed by atoms with Gasteiger partial charge in [-0.2, -0.15) is 8.42 Å². The molecule has 4 rings (SSSR count). The molecule has 22 heavy (non-hydrogen) atoms. The summed E-state index contributed by atoms with van der Waals surface area (Å²) >= 11 is 0. The molecular formula is C12H19NO8S. The lowest BCUT2D eigenvalue weighted by Crippen LogP contribution is -2.64. The van der Waals surface area contributed by atoms with Crippen molar-refractivity contribution in [3.8, 4) is 0 Å². The monoisotopic (exact) mass is 337 g/mol. The summed E-state index contributed by atoms with van der Waals surface area (Å²) in [6, 6.07) is 0. The minimum Gasteiger partial charge on any atom is -0.394 e. The first kappa shape index (κ1) is 15.2. The van der Waals surface area contributed by atoms with Gasteiger partial charge in [0.25, 0.3) is 10.1 Å². The fourth-order valence-corrected chi connectivity index (χ4v) is 5.62. The van der Waals surface area contributed by atoms with Crippen molar-refractivity contribution in [2.24, 2.45) is 0 Å². The molecular weight excluding hydrogens is 318 g/mol. The average Bonchev–Trinajstić information content (AvgIpc) is 3.00. The Morgan fingerprint density at radius 3 is 2.86 bits per heavy atom. The fraction of sp³-hybridized carbons (Fsp3) is 1.00. The number of rotatable bonds is 3. The molecule has 0 aliphatic carbocycles. The van der Waals surface area contributed by atoms with Gasteiger partial charge in [-0.3, -0.25) is 9.50 Å². The largest absolute Gasteiger partial charge is 0.394 e. The van der Waals surface area contributed by atoms with Crippen molar-refractivity contribution in [3.05, 3.63) is 0 Å². The zero-order valence-electron chi connectivity index (χ0n) is 12.3. The van der Waals surface area contributed by atoms with E-state index in [1.54, 1.807) is 13.8 Å². The third-order valence-electron chi connectivity index (χ3n) is 4.55. The molecule has 0 aromatic rings. The van der Waals surface area contributed by atoms with E-state index in [0.29, 0.717) is 6.54 Å². The van der Waals surface area contributed by atoms with Crippen LogP contribution in [0.5, 0.6) is 0 Å². The smallest absolute Gasteiger partial charge is 0.272 e.